The van der Waals surface area contributed by atoms with Gasteiger partial charge in [-0.3, -0.25) is 9.35 Å². The summed E-state index contributed by atoms with van der Waals surface area (Å²) in [5.74, 6) is -0.304. The predicted octanol–water partition coefficient (Wildman–Crippen LogP) is 1.70. The zero-order chi connectivity index (χ0) is 13.5. The Morgan fingerprint density at radius 2 is 2.11 bits per heavy atom. The van der Waals surface area contributed by atoms with E-state index in [2.05, 4.69) is 5.10 Å². The monoisotopic (exact) mass is 288 g/mol. The van der Waals surface area contributed by atoms with Gasteiger partial charge in [0.05, 0.1) is 22.0 Å². The molecule has 1 aliphatic heterocycles. The summed E-state index contributed by atoms with van der Waals surface area (Å²) in [4.78, 5) is 11.3. The zero-order valence-corrected chi connectivity index (χ0v) is 10.9. The van der Waals surface area contributed by atoms with E-state index < -0.39 is 10.1 Å². The molecule has 8 heteroatoms. The van der Waals surface area contributed by atoms with Gasteiger partial charge in [-0.1, -0.05) is 11.6 Å². The maximum absolute atomic E-state index is 11.6. The minimum absolute atomic E-state index is 0.133. The van der Waals surface area contributed by atoms with Crippen molar-refractivity contribution in [2.45, 2.75) is 18.2 Å². The lowest BCUT2D eigenvalue weighted by atomic mass is 10.3. The number of carbonyl (C=O) groups excluding carboxylic acids is 1. The van der Waals surface area contributed by atoms with Crippen LogP contribution in [-0.2, 0) is 14.9 Å². The van der Waals surface area contributed by atoms with Crippen LogP contribution in [0.3, 0.4) is 0 Å². The van der Waals surface area contributed by atoms with Crippen LogP contribution in [0, 0.1) is 0 Å². The molecule has 1 aromatic carbocycles. The summed E-state index contributed by atoms with van der Waals surface area (Å²) in [6.45, 7) is 1.68. The van der Waals surface area contributed by atoms with Gasteiger partial charge in [-0.15, -0.1) is 0 Å². The van der Waals surface area contributed by atoms with E-state index >= 15 is 0 Å². The van der Waals surface area contributed by atoms with Crippen molar-refractivity contribution in [3.8, 4) is 0 Å². The van der Waals surface area contributed by atoms with Crippen molar-refractivity contribution in [3.63, 3.8) is 0 Å². The Labute approximate surface area is 109 Å². The Bertz CT molecular complexity index is 654. The molecule has 0 aromatic heterocycles. The highest BCUT2D eigenvalue weighted by Crippen LogP contribution is 2.31. The molecular formula is C10H9ClN2O4S. The summed E-state index contributed by atoms with van der Waals surface area (Å²) in [7, 11) is -4.35. The van der Waals surface area contributed by atoms with Crippen molar-refractivity contribution in [3.05, 3.63) is 23.2 Å². The summed E-state index contributed by atoms with van der Waals surface area (Å²) in [6, 6.07) is 3.55. The van der Waals surface area contributed by atoms with Crippen LogP contribution in [0.2, 0.25) is 5.02 Å². The van der Waals surface area contributed by atoms with Gasteiger partial charge in [0.1, 0.15) is 0 Å². The van der Waals surface area contributed by atoms with Gasteiger partial charge in [0.25, 0.3) is 16.0 Å². The van der Waals surface area contributed by atoms with E-state index in [-0.39, 0.29) is 27.9 Å². The maximum atomic E-state index is 11.6. The molecule has 0 saturated heterocycles. The molecule has 18 heavy (non-hydrogen) atoms. The number of hydrogen-bond donors (Lipinski definition) is 1. The molecular weight excluding hydrogens is 280 g/mol. The van der Waals surface area contributed by atoms with Crippen LogP contribution in [0.25, 0.3) is 0 Å². The lowest BCUT2D eigenvalue weighted by Crippen LogP contribution is -2.20. The molecule has 1 N–H and O–H groups in total. The summed E-state index contributed by atoms with van der Waals surface area (Å²) >= 11 is 5.90. The zero-order valence-electron chi connectivity index (χ0n) is 9.29. The average molecular weight is 289 g/mol. The third-order valence-electron chi connectivity index (χ3n) is 2.36. The first kappa shape index (κ1) is 13.0. The molecule has 0 atom stereocenters. The van der Waals surface area contributed by atoms with E-state index in [1.54, 1.807) is 6.92 Å². The number of rotatable bonds is 2. The Balaban J connectivity index is 2.55. The molecule has 0 spiro atoms. The highest BCUT2D eigenvalue weighted by atomic mass is 35.5. The van der Waals surface area contributed by atoms with Crippen molar-refractivity contribution < 1.29 is 17.8 Å². The van der Waals surface area contributed by atoms with Crippen molar-refractivity contribution in [1.29, 1.82) is 0 Å². The Morgan fingerprint density at radius 3 is 2.61 bits per heavy atom. The summed E-state index contributed by atoms with van der Waals surface area (Å²) in [5, 5.41) is 5.17. The fourth-order valence-electron chi connectivity index (χ4n) is 1.56. The van der Waals surface area contributed by atoms with E-state index in [0.717, 1.165) is 17.1 Å². The molecule has 0 saturated carbocycles. The first-order valence-corrected chi connectivity index (χ1v) is 6.75. The van der Waals surface area contributed by atoms with Gasteiger partial charge in [0.15, 0.2) is 0 Å². The van der Waals surface area contributed by atoms with Crippen molar-refractivity contribution in [1.82, 2.24) is 0 Å². The van der Waals surface area contributed by atoms with Crippen LogP contribution in [0.1, 0.15) is 13.3 Å². The fourth-order valence-corrected chi connectivity index (χ4v) is 2.26. The molecule has 0 aliphatic carbocycles. The van der Waals surface area contributed by atoms with Gasteiger partial charge in [0, 0.05) is 5.71 Å². The molecule has 0 bridgehead atoms. The van der Waals surface area contributed by atoms with Gasteiger partial charge >= 0.3 is 0 Å². The smallest absolute Gasteiger partial charge is 0.282 e. The first-order valence-electron chi connectivity index (χ1n) is 4.93. The van der Waals surface area contributed by atoms with E-state index in [0.29, 0.717) is 5.71 Å². The minimum atomic E-state index is -4.35. The lowest BCUT2D eigenvalue weighted by molar-refractivity contribution is -0.116. The summed E-state index contributed by atoms with van der Waals surface area (Å²) < 4.78 is 31.0. The first-order chi connectivity index (χ1) is 8.29. The van der Waals surface area contributed by atoms with Crippen LogP contribution < -0.4 is 5.01 Å². The fraction of sp³-hybridized carbons (Fsp3) is 0.200. The second-order valence-electron chi connectivity index (χ2n) is 3.81. The molecule has 0 fully saturated rings. The third kappa shape index (κ3) is 2.38. The summed E-state index contributed by atoms with van der Waals surface area (Å²) in [5.41, 5.74) is 0.738. The number of anilines is 1. The van der Waals surface area contributed by atoms with E-state index in [1.807, 2.05) is 0 Å². The molecule has 0 unspecified atom stereocenters. The number of hydrazone groups is 1. The largest absolute Gasteiger partial charge is 0.294 e. The van der Waals surface area contributed by atoms with E-state index in [4.69, 9.17) is 16.2 Å². The molecule has 96 valence electrons. The van der Waals surface area contributed by atoms with Gasteiger partial charge in [0.2, 0.25) is 0 Å². The summed E-state index contributed by atoms with van der Waals surface area (Å²) in [6.07, 6.45) is 0.159. The molecule has 1 heterocycles. The Hall–Kier alpha value is -1.44. The number of benzene rings is 1. The van der Waals surface area contributed by atoms with Crippen molar-refractivity contribution in [2.24, 2.45) is 5.10 Å². The van der Waals surface area contributed by atoms with E-state index in [9.17, 15) is 13.2 Å². The molecule has 6 nitrogen and oxygen atoms in total. The van der Waals surface area contributed by atoms with Crippen LogP contribution in [0.15, 0.2) is 28.2 Å². The number of amides is 1. The van der Waals surface area contributed by atoms with Gasteiger partial charge in [-0.2, -0.15) is 18.5 Å². The lowest BCUT2D eigenvalue weighted by Gasteiger charge is -2.14. The number of hydrogen-bond acceptors (Lipinski definition) is 4. The molecule has 1 aliphatic rings. The van der Waals surface area contributed by atoms with Gasteiger partial charge in [-0.25, -0.2) is 0 Å². The molecule has 1 aromatic rings. The van der Waals surface area contributed by atoms with Crippen molar-refractivity contribution >= 4 is 39.0 Å². The van der Waals surface area contributed by atoms with Gasteiger partial charge in [-0.05, 0) is 25.1 Å². The Kier molecular flexibility index (Phi) is 3.14. The maximum Gasteiger partial charge on any atom is 0.294 e. The number of carbonyl (C=O) groups is 1. The van der Waals surface area contributed by atoms with Crippen LogP contribution in [-0.4, -0.2) is 24.6 Å². The SMILES string of the molecule is CC1=NN(c2cc(S(=O)(=O)O)ccc2Cl)C(=O)C1. The van der Waals surface area contributed by atoms with Crippen molar-refractivity contribution in [2.75, 3.05) is 5.01 Å². The third-order valence-corrected chi connectivity index (χ3v) is 3.53. The number of halogens is 1. The van der Waals surface area contributed by atoms with Gasteiger partial charge < -0.3 is 0 Å². The predicted molar refractivity (Wildman–Crippen MR) is 66.5 cm³/mol. The van der Waals surface area contributed by atoms with Crippen LogP contribution in [0.4, 0.5) is 5.69 Å². The van der Waals surface area contributed by atoms with Crippen LogP contribution in [0.5, 0.6) is 0 Å². The number of nitrogens with zero attached hydrogens (tertiary/aromatic N) is 2. The normalized spacial score (nSPS) is 16.1. The average Bonchev–Trinajstić information content (AvgIpc) is 2.56. The van der Waals surface area contributed by atoms with Crippen LogP contribution >= 0.6 is 11.6 Å². The quantitative estimate of drug-likeness (QED) is 0.839. The molecule has 0 radical (unpaired) electrons. The highest BCUT2D eigenvalue weighted by molar-refractivity contribution is 7.85. The van der Waals surface area contributed by atoms with E-state index in [1.165, 1.54) is 6.07 Å². The Morgan fingerprint density at radius 1 is 1.44 bits per heavy atom. The standard InChI is InChI=1S/C10H9ClN2O4S/c1-6-4-10(14)13(12-6)9-5-7(18(15,16)17)2-3-8(9)11/h2-3,5H,4H2,1H3,(H,15,16,17). The second-order valence-corrected chi connectivity index (χ2v) is 5.63. The molecule has 1 amide bonds. The highest BCUT2D eigenvalue weighted by Gasteiger charge is 2.26. The topological polar surface area (TPSA) is 87.0 Å². The second kappa shape index (κ2) is 4.34. The minimum Gasteiger partial charge on any atom is -0.282 e. The molecule has 2 rings (SSSR count).